The molecule has 0 spiro atoms. The first kappa shape index (κ1) is 28.8. The van der Waals surface area contributed by atoms with Gasteiger partial charge in [-0.05, 0) is 71.9 Å². The van der Waals surface area contributed by atoms with Gasteiger partial charge in [0.05, 0.1) is 23.1 Å². The van der Waals surface area contributed by atoms with Crippen molar-refractivity contribution in [1.82, 2.24) is 15.5 Å². The van der Waals surface area contributed by atoms with Crippen LogP contribution in [0.3, 0.4) is 0 Å². The summed E-state index contributed by atoms with van der Waals surface area (Å²) < 4.78 is 11.9. The van der Waals surface area contributed by atoms with E-state index in [9.17, 15) is 14.7 Å². The first-order chi connectivity index (χ1) is 17.3. The van der Waals surface area contributed by atoms with Gasteiger partial charge in [0.1, 0.15) is 16.7 Å². The van der Waals surface area contributed by atoms with Gasteiger partial charge in [0, 0.05) is 28.8 Å². The number of amides is 2. The lowest BCUT2D eigenvalue weighted by Crippen LogP contribution is -2.40. The standard InChI is InChI=1S/C26H36N4O5S2/c1-16-20(13-17(10-11-31)28-23(32)34-25(2,3)4)37-22-19(14-27-29-21(16)22)30(15-18-9-8-12-36-18)24(33)35-26(5,6)7/h8-9,12,14,17,31H,10-11,13,15H2,1-7H3,(H,28,32)/t17-/m0/s1. The van der Waals surface area contributed by atoms with Crippen LogP contribution >= 0.6 is 22.7 Å². The molecule has 0 fully saturated rings. The van der Waals surface area contributed by atoms with Gasteiger partial charge < -0.3 is 19.9 Å². The summed E-state index contributed by atoms with van der Waals surface area (Å²) in [4.78, 5) is 29.3. The van der Waals surface area contributed by atoms with Crippen LogP contribution < -0.4 is 10.2 Å². The van der Waals surface area contributed by atoms with Gasteiger partial charge >= 0.3 is 12.2 Å². The van der Waals surface area contributed by atoms with Crippen molar-refractivity contribution >= 4 is 50.8 Å². The fourth-order valence-electron chi connectivity index (χ4n) is 3.63. The van der Waals surface area contributed by atoms with Crippen LogP contribution in [0.1, 0.15) is 63.3 Å². The second-order valence-corrected chi connectivity index (χ2v) is 12.9. The molecule has 0 unspecified atom stereocenters. The van der Waals surface area contributed by atoms with Crippen LogP contribution in [-0.4, -0.2) is 51.3 Å². The van der Waals surface area contributed by atoms with Gasteiger partial charge in [-0.3, -0.25) is 4.90 Å². The van der Waals surface area contributed by atoms with Crippen LogP contribution in [-0.2, 0) is 22.4 Å². The third kappa shape index (κ3) is 8.11. The van der Waals surface area contributed by atoms with Crippen LogP contribution in [0.2, 0.25) is 0 Å². The first-order valence-electron chi connectivity index (χ1n) is 12.1. The molecule has 0 aliphatic carbocycles. The average molecular weight is 549 g/mol. The fourth-order valence-corrected chi connectivity index (χ4v) is 5.67. The third-order valence-corrected chi connectivity index (χ3v) is 7.40. The van der Waals surface area contributed by atoms with E-state index in [1.807, 2.05) is 45.2 Å². The Morgan fingerprint density at radius 1 is 1.16 bits per heavy atom. The number of carbonyl (C=O) groups excluding carboxylic acids is 2. The Morgan fingerprint density at radius 2 is 1.86 bits per heavy atom. The molecule has 1 atom stereocenters. The molecule has 3 rings (SSSR count). The van der Waals surface area contributed by atoms with E-state index in [2.05, 4.69) is 15.5 Å². The summed E-state index contributed by atoms with van der Waals surface area (Å²) in [5.41, 5.74) is 0.942. The molecular formula is C26H36N4O5S2. The third-order valence-electron chi connectivity index (χ3n) is 5.21. The molecule has 2 amide bonds. The zero-order chi connectivity index (χ0) is 27.4. The van der Waals surface area contributed by atoms with Crippen LogP contribution in [0.5, 0.6) is 0 Å². The highest BCUT2D eigenvalue weighted by molar-refractivity contribution is 7.19. The number of aliphatic hydroxyl groups excluding tert-OH is 1. The van der Waals surface area contributed by atoms with Crippen molar-refractivity contribution in [3.8, 4) is 0 Å². The highest BCUT2D eigenvalue weighted by atomic mass is 32.1. The number of nitrogens with zero attached hydrogens (tertiary/aromatic N) is 3. The highest BCUT2D eigenvalue weighted by Crippen LogP contribution is 2.37. The number of carbonyl (C=O) groups is 2. The molecule has 0 aliphatic heterocycles. The van der Waals surface area contributed by atoms with Gasteiger partial charge in [0.15, 0.2) is 0 Å². The normalized spacial score (nSPS) is 12.9. The van der Waals surface area contributed by atoms with Gasteiger partial charge in [0.25, 0.3) is 0 Å². The van der Waals surface area contributed by atoms with Crippen molar-refractivity contribution in [2.75, 3.05) is 11.5 Å². The fraction of sp³-hybridized carbons (Fsp3) is 0.538. The first-order valence-corrected chi connectivity index (χ1v) is 13.8. The van der Waals surface area contributed by atoms with E-state index in [-0.39, 0.29) is 12.6 Å². The molecule has 2 N–H and O–H groups in total. The Balaban J connectivity index is 1.96. The number of rotatable bonds is 8. The Kier molecular flexibility index (Phi) is 9.14. The van der Waals surface area contributed by atoms with Crippen LogP contribution in [0.4, 0.5) is 15.3 Å². The smallest absolute Gasteiger partial charge is 0.415 e. The lowest BCUT2D eigenvalue weighted by molar-refractivity contribution is 0.0495. The van der Waals surface area contributed by atoms with Crippen LogP contribution in [0.15, 0.2) is 23.7 Å². The summed E-state index contributed by atoms with van der Waals surface area (Å²) in [6.45, 7) is 13.1. The van der Waals surface area contributed by atoms with E-state index in [1.54, 1.807) is 43.2 Å². The minimum absolute atomic E-state index is 0.0807. The van der Waals surface area contributed by atoms with E-state index in [4.69, 9.17) is 9.47 Å². The van der Waals surface area contributed by atoms with Gasteiger partial charge in [-0.1, -0.05) is 6.07 Å². The minimum atomic E-state index is -0.661. The lowest BCUT2D eigenvalue weighted by Gasteiger charge is -2.27. The quantitative estimate of drug-likeness (QED) is 0.364. The maximum Gasteiger partial charge on any atom is 0.415 e. The number of alkyl carbamates (subject to hydrolysis) is 1. The number of nitrogens with one attached hydrogen (secondary N) is 1. The average Bonchev–Trinajstić information content (AvgIpc) is 3.38. The SMILES string of the molecule is Cc1c(C[C@H](CCO)NC(=O)OC(C)(C)C)sc2c(N(Cc3cccs3)C(=O)OC(C)(C)C)cnnc12. The summed E-state index contributed by atoms with van der Waals surface area (Å²) >= 11 is 3.06. The van der Waals surface area contributed by atoms with Crippen molar-refractivity contribution < 1.29 is 24.2 Å². The number of aliphatic hydroxyl groups is 1. The summed E-state index contributed by atoms with van der Waals surface area (Å²) in [7, 11) is 0. The summed E-state index contributed by atoms with van der Waals surface area (Å²) in [5, 5.41) is 23.0. The van der Waals surface area contributed by atoms with Crippen molar-refractivity contribution in [2.24, 2.45) is 0 Å². The summed E-state index contributed by atoms with van der Waals surface area (Å²) in [6, 6.07) is 3.58. The van der Waals surface area contributed by atoms with Gasteiger partial charge in [0.2, 0.25) is 0 Å². The molecule has 0 bridgehead atoms. The van der Waals surface area contributed by atoms with E-state index < -0.39 is 23.4 Å². The van der Waals surface area contributed by atoms with E-state index in [0.717, 1.165) is 20.0 Å². The zero-order valence-corrected chi connectivity index (χ0v) is 24.1. The second-order valence-electron chi connectivity index (χ2n) is 10.8. The van der Waals surface area contributed by atoms with Crippen molar-refractivity contribution in [3.63, 3.8) is 0 Å². The molecule has 11 heteroatoms. The van der Waals surface area contributed by atoms with Gasteiger partial charge in [-0.25, -0.2) is 9.59 Å². The van der Waals surface area contributed by atoms with E-state index >= 15 is 0 Å². The maximum absolute atomic E-state index is 13.3. The number of thiophene rings is 2. The Bertz CT molecular complexity index is 1210. The van der Waals surface area contributed by atoms with Crippen molar-refractivity contribution in [1.29, 1.82) is 0 Å². The minimum Gasteiger partial charge on any atom is -0.444 e. The molecule has 0 aliphatic rings. The Labute approximate surface area is 225 Å². The number of aryl methyl sites for hydroxylation is 1. The van der Waals surface area contributed by atoms with E-state index in [1.165, 1.54) is 11.3 Å². The predicted octanol–water partition coefficient (Wildman–Crippen LogP) is 5.82. The molecule has 3 aromatic rings. The molecule has 202 valence electrons. The molecule has 3 aromatic heterocycles. The number of anilines is 1. The zero-order valence-electron chi connectivity index (χ0n) is 22.5. The van der Waals surface area contributed by atoms with Gasteiger partial charge in [-0.15, -0.1) is 27.8 Å². The Morgan fingerprint density at radius 3 is 2.46 bits per heavy atom. The number of hydrogen-bond acceptors (Lipinski definition) is 9. The topological polar surface area (TPSA) is 114 Å². The summed E-state index contributed by atoms with van der Waals surface area (Å²) in [6.07, 6.45) is 1.44. The summed E-state index contributed by atoms with van der Waals surface area (Å²) in [5.74, 6) is 0. The van der Waals surface area contributed by atoms with Crippen LogP contribution in [0.25, 0.3) is 10.2 Å². The van der Waals surface area contributed by atoms with Gasteiger partial charge in [-0.2, -0.15) is 5.10 Å². The number of aromatic nitrogens is 2. The number of ether oxygens (including phenoxy) is 2. The van der Waals surface area contributed by atoms with E-state index in [0.29, 0.717) is 30.6 Å². The maximum atomic E-state index is 13.3. The lowest BCUT2D eigenvalue weighted by atomic mass is 10.1. The molecular weight excluding hydrogens is 512 g/mol. The molecule has 0 saturated carbocycles. The predicted molar refractivity (Wildman–Crippen MR) is 147 cm³/mol. The number of hydrogen-bond donors (Lipinski definition) is 2. The number of fused-ring (bicyclic) bond motifs is 1. The molecule has 0 radical (unpaired) electrons. The molecule has 37 heavy (non-hydrogen) atoms. The van der Waals surface area contributed by atoms with Crippen LogP contribution in [0, 0.1) is 6.92 Å². The Hall–Kier alpha value is -2.76. The molecule has 0 aromatic carbocycles. The molecule has 9 nitrogen and oxygen atoms in total. The molecule has 3 heterocycles. The second kappa shape index (κ2) is 11.7. The monoisotopic (exact) mass is 548 g/mol. The largest absolute Gasteiger partial charge is 0.444 e. The van der Waals surface area contributed by atoms with Crippen molar-refractivity contribution in [3.05, 3.63) is 39.0 Å². The van der Waals surface area contributed by atoms with Crippen molar-refractivity contribution in [2.45, 2.75) is 85.1 Å². The molecule has 0 saturated heterocycles. The highest BCUT2D eigenvalue weighted by Gasteiger charge is 2.28.